The van der Waals surface area contributed by atoms with E-state index >= 15 is 0 Å². The van der Waals surface area contributed by atoms with Gasteiger partial charge >= 0.3 is 0 Å². The van der Waals surface area contributed by atoms with E-state index in [4.69, 9.17) is 37.7 Å². The van der Waals surface area contributed by atoms with Crippen LogP contribution in [-0.2, 0) is 11.3 Å². The lowest BCUT2D eigenvalue weighted by atomic mass is 9.94. The van der Waals surface area contributed by atoms with E-state index < -0.39 is 6.04 Å². The van der Waals surface area contributed by atoms with E-state index in [1.54, 1.807) is 43.9 Å². The van der Waals surface area contributed by atoms with Gasteiger partial charge in [-0.3, -0.25) is 14.2 Å². The number of carbonyl (C=O) groups is 1. The molecule has 6 aromatic rings. The Morgan fingerprint density at radius 2 is 1.72 bits per heavy atom. The number of rotatable bonds is 8. The van der Waals surface area contributed by atoms with Gasteiger partial charge in [0.1, 0.15) is 0 Å². The summed E-state index contributed by atoms with van der Waals surface area (Å²) < 4.78 is 15.3. The topological polar surface area (TPSA) is 86.9 Å². The Hall–Kier alpha value is -5.09. The zero-order valence-corrected chi connectivity index (χ0v) is 30.0. The molecule has 7 rings (SSSR count). The number of para-hydroxylation sites is 2. The van der Waals surface area contributed by atoms with Gasteiger partial charge in [0.05, 0.1) is 36.1 Å². The molecule has 1 aliphatic heterocycles. The van der Waals surface area contributed by atoms with Crippen LogP contribution in [0, 0.1) is 6.92 Å². The second-order valence-corrected chi connectivity index (χ2v) is 13.8. The highest BCUT2D eigenvalue weighted by Crippen LogP contribution is 2.36. The molecular formula is C39H32Cl2N4O4S. The molecule has 0 spiro atoms. The van der Waals surface area contributed by atoms with Gasteiger partial charge in [0.25, 0.3) is 11.5 Å². The van der Waals surface area contributed by atoms with Crippen LogP contribution in [0.1, 0.15) is 35.2 Å². The molecule has 1 aliphatic rings. The zero-order chi connectivity index (χ0) is 35.1. The molecule has 11 heteroatoms. The maximum Gasteiger partial charge on any atom is 0.271 e. The summed E-state index contributed by atoms with van der Waals surface area (Å²) in [6.07, 6.45) is 3.91. The van der Waals surface area contributed by atoms with Gasteiger partial charge in [-0.25, -0.2) is 4.99 Å². The number of ether oxygens (including phenoxy) is 2. The maximum absolute atomic E-state index is 14.5. The number of fused-ring (bicyclic) bond motifs is 2. The Balaban J connectivity index is 1.38. The van der Waals surface area contributed by atoms with Crippen LogP contribution >= 0.6 is 34.5 Å². The number of anilines is 1. The quantitative estimate of drug-likeness (QED) is 0.176. The minimum Gasteiger partial charge on any atom is -0.493 e. The lowest BCUT2D eigenvalue weighted by Gasteiger charge is -2.26. The number of benzene rings is 4. The van der Waals surface area contributed by atoms with Crippen molar-refractivity contribution >= 4 is 63.1 Å². The molecule has 252 valence electrons. The summed E-state index contributed by atoms with van der Waals surface area (Å²) in [5.41, 5.74) is 5.66. The van der Waals surface area contributed by atoms with Gasteiger partial charge in [0.15, 0.2) is 16.3 Å². The van der Waals surface area contributed by atoms with Gasteiger partial charge < -0.3 is 19.4 Å². The SMILES string of the molecule is COc1ccc([C@@H]2C(C(=O)Nc3ccccc3C)=C(C)N=c3s/c(=C\c4cn(Cc5ccc(Cl)cc5Cl)c5ccccc45)c(=O)n32)cc1OC. The molecule has 1 N–H and O–H groups in total. The summed E-state index contributed by atoms with van der Waals surface area (Å²) in [5, 5.41) is 5.19. The van der Waals surface area contributed by atoms with Crippen LogP contribution in [-0.4, -0.2) is 29.3 Å². The normalized spacial score (nSPS) is 14.4. The number of hydrogen-bond donors (Lipinski definition) is 1. The highest BCUT2D eigenvalue weighted by atomic mass is 35.5. The molecule has 0 radical (unpaired) electrons. The van der Waals surface area contributed by atoms with Crippen LogP contribution in [0.5, 0.6) is 11.5 Å². The van der Waals surface area contributed by atoms with Crippen molar-refractivity contribution in [2.45, 2.75) is 26.4 Å². The van der Waals surface area contributed by atoms with E-state index in [0.717, 1.165) is 27.6 Å². The molecule has 0 saturated heterocycles. The number of carbonyl (C=O) groups excluding carboxylic acids is 1. The van der Waals surface area contributed by atoms with Crippen molar-refractivity contribution in [3.8, 4) is 11.5 Å². The van der Waals surface area contributed by atoms with Crippen molar-refractivity contribution in [1.29, 1.82) is 0 Å². The van der Waals surface area contributed by atoms with E-state index in [0.29, 0.717) is 59.9 Å². The smallest absolute Gasteiger partial charge is 0.271 e. The lowest BCUT2D eigenvalue weighted by Crippen LogP contribution is -2.40. The van der Waals surface area contributed by atoms with Crippen LogP contribution in [0.25, 0.3) is 17.0 Å². The third kappa shape index (κ3) is 6.13. The number of aryl methyl sites for hydroxylation is 1. The van der Waals surface area contributed by atoms with E-state index in [1.165, 1.54) is 11.3 Å². The molecule has 0 saturated carbocycles. The van der Waals surface area contributed by atoms with E-state index in [-0.39, 0.29) is 11.5 Å². The number of aromatic nitrogens is 2. The fourth-order valence-corrected chi connectivity index (χ4v) is 7.85. The van der Waals surface area contributed by atoms with Crippen molar-refractivity contribution in [2.24, 2.45) is 4.99 Å². The predicted molar refractivity (Wildman–Crippen MR) is 201 cm³/mol. The van der Waals surface area contributed by atoms with Gasteiger partial charge in [0, 0.05) is 44.9 Å². The van der Waals surface area contributed by atoms with E-state index in [9.17, 15) is 9.59 Å². The van der Waals surface area contributed by atoms with Gasteiger partial charge in [-0.1, -0.05) is 83.1 Å². The fourth-order valence-electron chi connectivity index (χ4n) is 6.35. The molecule has 0 aliphatic carbocycles. The molecule has 4 aromatic carbocycles. The number of methoxy groups -OCH3 is 2. The highest BCUT2D eigenvalue weighted by Gasteiger charge is 2.33. The Morgan fingerprint density at radius 3 is 2.48 bits per heavy atom. The molecule has 1 atom stereocenters. The van der Waals surface area contributed by atoms with Gasteiger partial charge in [-0.15, -0.1) is 0 Å². The van der Waals surface area contributed by atoms with Crippen LogP contribution in [0.15, 0.2) is 112 Å². The lowest BCUT2D eigenvalue weighted by molar-refractivity contribution is -0.113. The van der Waals surface area contributed by atoms with Gasteiger partial charge in [-0.2, -0.15) is 0 Å². The number of nitrogens with zero attached hydrogens (tertiary/aromatic N) is 3. The van der Waals surface area contributed by atoms with Gasteiger partial charge in [-0.05, 0) is 73.0 Å². The monoisotopic (exact) mass is 722 g/mol. The second-order valence-electron chi connectivity index (χ2n) is 11.9. The Morgan fingerprint density at radius 1 is 0.960 bits per heavy atom. The fraction of sp³-hybridized carbons (Fsp3) is 0.154. The van der Waals surface area contributed by atoms with Crippen molar-refractivity contribution in [3.05, 3.63) is 154 Å². The molecule has 0 unspecified atom stereocenters. The summed E-state index contributed by atoms with van der Waals surface area (Å²) in [6.45, 7) is 4.25. The van der Waals surface area contributed by atoms with Crippen molar-refractivity contribution in [1.82, 2.24) is 9.13 Å². The maximum atomic E-state index is 14.5. The van der Waals surface area contributed by atoms with Gasteiger partial charge in [0.2, 0.25) is 0 Å². The largest absolute Gasteiger partial charge is 0.493 e. The summed E-state index contributed by atoms with van der Waals surface area (Å²) in [7, 11) is 3.12. The molecule has 1 amide bonds. The number of thiazole rings is 1. The average Bonchev–Trinajstić information content (AvgIpc) is 3.61. The number of halogens is 2. The first kappa shape index (κ1) is 33.4. The second kappa shape index (κ2) is 13.7. The van der Waals surface area contributed by atoms with Crippen LogP contribution < -0.4 is 29.7 Å². The minimum atomic E-state index is -0.786. The molecule has 50 heavy (non-hydrogen) atoms. The number of allylic oxidation sites excluding steroid dienone is 1. The summed E-state index contributed by atoms with van der Waals surface area (Å²) in [4.78, 5) is 34.0. The zero-order valence-electron chi connectivity index (χ0n) is 27.7. The Labute approximate surface area is 302 Å². The minimum absolute atomic E-state index is 0.264. The molecule has 0 bridgehead atoms. The Bertz CT molecular complexity index is 2530. The van der Waals surface area contributed by atoms with Crippen molar-refractivity contribution < 1.29 is 14.3 Å². The summed E-state index contributed by atoms with van der Waals surface area (Å²) in [6, 6.07) is 25.7. The number of amides is 1. The van der Waals surface area contributed by atoms with Crippen LogP contribution in [0.3, 0.4) is 0 Å². The van der Waals surface area contributed by atoms with E-state index in [1.807, 2.05) is 85.9 Å². The van der Waals surface area contributed by atoms with Crippen molar-refractivity contribution in [2.75, 3.05) is 19.5 Å². The van der Waals surface area contributed by atoms with Crippen LogP contribution in [0.4, 0.5) is 5.69 Å². The first-order chi connectivity index (χ1) is 24.2. The molecular weight excluding hydrogens is 691 g/mol. The van der Waals surface area contributed by atoms with Crippen molar-refractivity contribution in [3.63, 3.8) is 0 Å². The number of nitrogens with one attached hydrogen (secondary N) is 1. The number of hydrogen-bond acceptors (Lipinski definition) is 6. The van der Waals surface area contributed by atoms with E-state index in [2.05, 4.69) is 9.88 Å². The molecule has 2 aromatic heterocycles. The third-order valence-corrected chi connectivity index (χ3v) is 10.4. The first-order valence-electron chi connectivity index (χ1n) is 15.8. The standard InChI is InChI=1S/C39H32Cl2N4O4S/c1-22-9-5-7-11-30(22)43-37(46)35-23(2)42-39-45(36(35)24-14-16-32(48-3)33(17-24)49-4)38(47)34(50-39)18-26-21-44(31-12-8-6-10-28(26)31)20-25-13-15-27(40)19-29(25)41/h5-19,21,36H,20H2,1-4H3,(H,43,46)/b34-18-/t36-/m1/s1. The van der Waals surface area contributed by atoms with Crippen LogP contribution in [0.2, 0.25) is 10.0 Å². The summed E-state index contributed by atoms with van der Waals surface area (Å²) >= 11 is 14.0. The molecule has 0 fully saturated rings. The third-order valence-electron chi connectivity index (χ3n) is 8.84. The molecule has 8 nitrogen and oxygen atoms in total. The summed E-state index contributed by atoms with van der Waals surface area (Å²) in [5.74, 6) is 0.666. The highest BCUT2D eigenvalue weighted by molar-refractivity contribution is 7.07. The predicted octanol–water partition coefficient (Wildman–Crippen LogP) is 7.51. The molecule has 3 heterocycles. The Kier molecular flexibility index (Phi) is 9.13. The first-order valence-corrected chi connectivity index (χ1v) is 17.4. The average molecular weight is 724 g/mol.